The van der Waals surface area contributed by atoms with Gasteiger partial charge in [-0.15, -0.1) is 0 Å². The highest BCUT2D eigenvalue weighted by molar-refractivity contribution is 5.39. The molecule has 1 aromatic rings. The summed E-state index contributed by atoms with van der Waals surface area (Å²) in [5.74, 6) is 2.01. The molecule has 1 aliphatic heterocycles. The molecule has 0 bridgehead atoms. The first-order valence-corrected chi connectivity index (χ1v) is 7.78. The summed E-state index contributed by atoms with van der Waals surface area (Å²) in [5, 5.41) is 3.53. The first kappa shape index (κ1) is 12.9. The van der Waals surface area contributed by atoms with Crippen molar-refractivity contribution in [3.63, 3.8) is 0 Å². The summed E-state index contributed by atoms with van der Waals surface area (Å²) in [7, 11) is 0. The van der Waals surface area contributed by atoms with E-state index in [0.29, 0.717) is 0 Å². The van der Waals surface area contributed by atoms with Crippen LogP contribution in [-0.4, -0.2) is 24.1 Å². The van der Waals surface area contributed by atoms with E-state index >= 15 is 0 Å². The molecule has 1 atom stereocenters. The average molecular weight is 259 g/mol. The molecule has 2 fully saturated rings. The van der Waals surface area contributed by atoms with Gasteiger partial charge < -0.3 is 10.2 Å². The van der Waals surface area contributed by atoms with Crippen molar-refractivity contribution in [3.05, 3.63) is 23.9 Å². The number of hydrogen-bond donors (Lipinski definition) is 1. The summed E-state index contributed by atoms with van der Waals surface area (Å²) < 4.78 is 0. The van der Waals surface area contributed by atoms with E-state index in [9.17, 15) is 0 Å². The van der Waals surface area contributed by atoms with Crippen LogP contribution in [0.2, 0.25) is 0 Å². The summed E-state index contributed by atoms with van der Waals surface area (Å²) in [6, 6.07) is 5.20. The molecule has 2 heterocycles. The molecule has 0 spiro atoms. The number of hydrogen-bond acceptors (Lipinski definition) is 3. The van der Waals surface area contributed by atoms with Crippen LogP contribution in [0, 0.1) is 5.92 Å². The fourth-order valence-electron chi connectivity index (χ4n) is 2.86. The first-order chi connectivity index (χ1) is 9.35. The summed E-state index contributed by atoms with van der Waals surface area (Å²) in [5.41, 5.74) is 1.31. The zero-order valence-electron chi connectivity index (χ0n) is 11.9. The van der Waals surface area contributed by atoms with Gasteiger partial charge in [-0.25, -0.2) is 4.98 Å². The van der Waals surface area contributed by atoms with Crippen LogP contribution in [0.5, 0.6) is 0 Å². The highest BCUT2D eigenvalue weighted by Gasteiger charge is 2.21. The van der Waals surface area contributed by atoms with Crippen molar-refractivity contribution in [3.8, 4) is 0 Å². The maximum atomic E-state index is 4.66. The van der Waals surface area contributed by atoms with E-state index < -0.39 is 0 Å². The van der Waals surface area contributed by atoms with Crippen LogP contribution in [0.25, 0.3) is 0 Å². The topological polar surface area (TPSA) is 28.2 Å². The molecule has 1 aliphatic carbocycles. The lowest BCUT2D eigenvalue weighted by atomic mass is 9.96. The Morgan fingerprint density at radius 1 is 1.32 bits per heavy atom. The van der Waals surface area contributed by atoms with Crippen molar-refractivity contribution in [1.29, 1.82) is 0 Å². The third kappa shape index (κ3) is 3.47. The number of anilines is 1. The Morgan fingerprint density at radius 3 is 2.89 bits per heavy atom. The van der Waals surface area contributed by atoms with Gasteiger partial charge in [0.05, 0.1) is 0 Å². The van der Waals surface area contributed by atoms with Crippen molar-refractivity contribution in [2.24, 2.45) is 5.92 Å². The summed E-state index contributed by atoms with van der Waals surface area (Å²) in [6.45, 7) is 5.62. The van der Waals surface area contributed by atoms with E-state index in [1.165, 1.54) is 50.8 Å². The normalized spacial score (nSPS) is 23.6. The quantitative estimate of drug-likeness (QED) is 0.881. The molecule has 1 saturated heterocycles. The van der Waals surface area contributed by atoms with Crippen LogP contribution in [0.15, 0.2) is 18.3 Å². The number of nitrogens with zero attached hydrogens (tertiary/aromatic N) is 2. The second kappa shape index (κ2) is 5.91. The highest BCUT2D eigenvalue weighted by Crippen LogP contribution is 2.24. The largest absolute Gasteiger partial charge is 0.356 e. The van der Waals surface area contributed by atoms with Crippen molar-refractivity contribution >= 4 is 5.82 Å². The zero-order chi connectivity index (χ0) is 13.1. The Labute approximate surface area is 116 Å². The molecule has 1 unspecified atom stereocenters. The van der Waals surface area contributed by atoms with Gasteiger partial charge in [-0.3, -0.25) is 0 Å². The van der Waals surface area contributed by atoms with E-state index in [4.69, 9.17) is 0 Å². The number of nitrogens with one attached hydrogen (secondary N) is 1. The number of pyridine rings is 1. The van der Waals surface area contributed by atoms with Gasteiger partial charge in [-0.1, -0.05) is 19.4 Å². The molecule has 0 radical (unpaired) electrons. The Balaban J connectivity index is 1.57. The van der Waals surface area contributed by atoms with Crippen LogP contribution < -0.4 is 10.2 Å². The lowest BCUT2D eigenvalue weighted by Gasteiger charge is -2.33. The van der Waals surface area contributed by atoms with Gasteiger partial charge in [0.25, 0.3) is 0 Å². The minimum atomic E-state index is 0.770. The molecule has 19 heavy (non-hydrogen) atoms. The molecule has 1 N–H and O–H groups in total. The molecule has 0 aromatic carbocycles. The monoisotopic (exact) mass is 259 g/mol. The summed E-state index contributed by atoms with van der Waals surface area (Å²) >= 11 is 0. The number of piperidine rings is 1. The molecule has 2 aliphatic rings. The minimum Gasteiger partial charge on any atom is -0.356 e. The van der Waals surface area contributed by atoms with Crippen molar-refractivity contribution in [2.45, 2.75) is 51.6 Å². The van der Waals surface area contributed by atoms with E-state index in [2.05, 4.69) is 34.3 Å². The average Bonchev–Trinajstić information content (AvgIpc) is 3.30. The van der Waals surface area contributed by atoms with Gasteiger partial charge in [-0.05, 0) is 43.2 Å². The van der Waals surface area contributed by atoms with Crippen molar-refractivity contribution in [2.75, 3.05) is 18.0 Å². The summed E-state index contributed by atoms with van der Waals surface area (Å²) in [4.78, 5) is 7.11. The lowest BCUT2D eigenvalue weighted by Crippen LogP contribution is -2.35. The Kier molecular flexibility index (Phi) is 4.02. The second-order valence-electron chi connectivity index (χ2n) is 6.04. The van der Waals surface area contributed by atoms with Gasteiger partial charge in [0.1, 0.15) is 5.82 Å². The fraction of sp³-hybridized carbons (Fsp3) is 0.688. The lowest BCUT2D eigenvalue weighted by molar-refractivity contribution is 0.403. The van der Waals surface area contributed by atoms with Crippen LogP contribution >= 0.6 is 0 Å². The molecule has 3 heteroatoms. The number of aromatic nitrogens is 1. The summed E-state index contributed by atoms with van der Waals surface area (Å²) in [6.07, 6.45) is 8.72. The predicted molar refractivity (Wildman–Crippen MR) is 79.3 cm³/mol. The van der Waals surface area contributed by atoms with Crippen LogP contribution in [0.3, 0.4) is 0 Å². The van der Waals surface area contributed by atoms with E-state index in [1.54, 1.807) is 0 Å². The zero-order valence-corrected chi connectivity index (χ0v) is 11.9. The number of rotatable bonds is 5. The van der Waals surface area contributed by atoms with Gasteiger partial charge in [-0.2, -0.15) is 0 Å². The predicted octanol–water partition coefficient (Wildman–Crippen LogP) is 2.96. The third-order valence-corrected chi connectivity index (χ3v) is 4.40. The smallest absolute Gasteiger partial charge is 0.128 e. The van der Waals surface area contributed by atoms with E-state index in [0.717, 1.165) is 24.3 Å². The van der Waals surface area contributed by atoms with Crippen LogP contribution in [0.1, 0.15) is 44.6 Å². The van der Waals surface area contributed by atoms with Gasteiger partial charge >= 0.3 is 0 Å². The van der Waals surface area contributed by atoms with Gasteiger partial charge in [0.2, 0.25) is 0 Å². The van der Waals surface area contributed by atoms with Crippen LogP contribution in [-0.2, 0) is 6.54 Å². The molecule has 3 rings (SSSR count). The second-order valence-corrected chi connectivity index (χ2v) is 6.04. The Hall–Kier alpha value is -1.09. The SMILES string of the molecule is CCC1CCCN(c2ccc(CNC3CC3)cn2)C1. The molecular formula is C16H25N3. The molecule has 3 nitrogen and oxygen atoms in total. The standard InChI is InChI=1S/C16H25N3/c1-2-13-4-3-9-19(12-13)16-8-5-14(11-18-16)10-17-15-6-7-15/h5,8,11,13,15,17H,2-4,6-7,9-10,12H2,1H3. The Morgan fingerprint density at radius 2 is 2.21 bits per heavy atom. The Bertz CT molecular complexity index is 397. The molecule has 1 aromatic heterocycles. The maximum absolute atomic E-state index is 4.66. The molecular weight excluding hydrogens is 234 g/mol. The van der Waals surface area contributed by atoms with Gasteiger partial charge in [0, 0.05) is 31.9 Å². The molecule has 0 amide bonds. The fourth-order valence-corrected chi connectivity index (χ4v) is 2.86. The van der Waals surface area contributed by atoms with Crippen molar-refractivity contribution < 1.29 is 0 Å². The van der Waals surface area contributed by atoms with E-state index in [-0.39, 0.29) is 0 Å². The molecule has 104 valence electrons. The van der Waals surface area contributed by atoms with E-state index in [1.807, 2.05) is 6.20 Å². The molecule has 1 saturated carbocycles. The minimum absolute atomic E-state index is 0.770. The van der Waals surface area contributed by atoms with Crippen molar-refractivity contribution in [1.82, 2.24) is 10.3 Å². The first-order valence-electron chi connectivity index (χ1n) is 7.78. The maximum Gasteiger partial charge on any atom is 0.128 e. The highest BCUT2D eigenvalue weighted by atomic mass is 15.2. The van der Waals surface area contributed by atoms with Gasteiger partial charge in [0.15, 0.2) is 0 Å². The van der Waals surface area contributed by atoms with Crippen LogP contribution in [0.4, 0.5) is 5.82 Å². The third-order valence-electron chi connectivity index (χ3n) is 4.40.